The van der Waals surface area contributed by atoms with Gasteiger partial charge < -0.3 is 14.6 Å². The average molecular weight is 519 g/mol. The first-order valence-electron chi connectivity index (χ1n) is 12.0. The number of ether oxygens (including phenoxy) is 1. The molecule has 190 valence electrons. The molecule has 2 heterocycles. The number of aryl methyl sites for hydroxylation is 2. The molecule has 37 heavy (non-hydrogen) atoms. The summed E-state index contributed by atoms with van der Waals surface area (Å²) in [6.45, 7) is 6.16. The molecule has 0 spiro atoms. The third-order valence-corrected chi connectivity index (χ3v) is 7.86. The van der Waals surface area contributed by atoms with Gasteiger partial charge in [0.2, 0.25) is 0 Å². The molecule has 9 heteroatoms. The number of amides is 1. The van der Waals surface area contributed by atoms with Gasteiger partial charge in [0.15, 0.2) is 4.90 Å². The lowest BCUT2D eigenvalue weighted by Gasteiger charge is -2.28. The van der Waals surface area contributed by atoms with Gasteiger partial charge in [0.25, 0.3) is 5.91 Å². The van der Waals surface area contributed by atoms with Crippen molar-refractivity contribution < 1.29 is 18.5 Å². The van der Waals surface area contributed by atoms with Gasteiger partial charge in [-0.2, -0.15) is 5.10 Å². The number of nitrogens with one attached hydrogen (secondary N) is 1. The molecule has 5 rings (SSSR count). The van der Waals surface area contributed by atoms with Gasteiger partial charge in [-0.25, -0.2) is 9.07 Å². The monoisotopic (exact) mass is 518 g/mol. The van der Waals surface area contributed by atoms with Crippen molar-refractivity contribution in [3.8, 4) is 16.9 Å². The average Bonchev–Trinajstić information content (AvgIpc) is 3.36. The van der Waals surface area contributed by atoms with E-state index in [9.17, 15) is 13.7 Å². The van der Waals surface area contributed by atoms with E-state index in [1.807, 2.05) is 48.5 Å². The number of morpholine rings is 1. The van der Waals surface area contributed by atoms with Gasteiger partial charge in [0.05, 0.1) is 48.9 Å². The molecular weight excluding hydrogens is 491 g/mol. The van der Waals surface area contributed by atoms with E-state index in [0.29, 0.717) is 53.8 Å². The maximum atomic E-state index is 13.5. The standard InChI is InChI=1S/C28H27FN4O3S/c1-19-3-6-21(7-4-19)27-25(18-33(31-27)24-11-8-22(29)9-12-24)28(34)30-23-10-5-20(2)26(17-23)37(35)32-13-15-36-16-14-32/h3-12,17-18H,13-16H2,1-2H3,(H,30,34). The summed E-state index contributed by atoms with van der Waals surface area (Å²) in [5, 5.41) is 7.61. The van der Waals surface area contributed by atoms with Crippen molar-refractivity contribution in [1.29, 1.82) is 0 Å². The highest BCUT2D eigenvalue weighted by Crippen LogP contribution is 2.28. The Morgan fingerprint density at radius 2 is 1.73 bits per heavy atom. The zero-order valence-electron chi connectivity index (χ0n) is 20.6. The second-order valence-corrected chi connectivity index (χ2v) is 10.4. The Bertz CT molecular complexity index is 1400. The van der Waals surface area contributed by atoms with Gasteiger partial charge in [-0.3, -0.25) is 4.79 Å². The first-order chi connectivity index (χ1) is 17.9. The fourth-order valence-electron chi connectivity index (χ4n) is 4.11. The number of nitrogens with zero attached hydrogens (tertiary/aromatic N) is 3. The molecule has 1 amide bonds. The van der Waals surface area contributed by atoms with Crippen molar-refractivity contribution in [3.05, 3.63) is 95.4 Å². The van der Waals surface area contributed by atoms with Crippen LogP contribution < -0.4 is 5.32 Å². The van der Waals surface area contributed by atoms with Gasteiger partial charge >= 0.3 is 0 Å². The van der Waals surface area contributed by atoms with Gasteiger partial charge in [0.1, 0.15) is 11.5 Å². The number of carbonyl (C=O) groups excluding carboxylic acids is 1. The highest BCUT2D eigenvalue weighted by Gasteiger charge is 2.27. The van der Waals surface area contributed by atoms with Gasteiger partial charge in [0, 0.05) is 29.1 Å². The molecule has 0 radical (unpaired) electrons. The van der Waals surface area contributed by atoms with Crippen molar-refractivity contribution in [2.45, 2.75) is 18.7 Å². The Hall–Kier alpha value is -3.50. The van der Waals surface area contributed by atoms with Crippen LogP contribution in [0.2, 0.25) is 0 Å². The molecule has 0 aliphatic carbocycles. The summed E-state index contributed by atoms with van der Waals surface area (Å²) in [4.78, 5) is 14.2. The molecule has 3 aromatic carbocycles. The van der Waals surface area contributed by atoms with Gasteiger partial charge in [-0.15, -0.1) is 4.31 Å². The van der Waals surface area contributed by atoms with Crippen LogP contribution in [0.4, 0.5) is 10.1 Å². The fourth-order valence-corrected chi connectivity index (χ4v) is 5.44. The fraction of sp³-hybridized carbons (Fsp3) is 0.214. The molecular formula is C28H27FN4O3S. The van der Waals surface area contributed by atoms with Crippen molar-refractivity contribution in [1.82, 2.24) is 14.1 Å². The van der Waals surface area contributed by atoms with Crippen LogP contribution in [0.5, 0.6) is 0 Å². The Labute approximate surface area is 218 Å². The maximum absolute atomic E-state index is 13.5. The summed E-state index contributed by atoms with van der Waals surface area (Å²) in [5.74, 6) is -0.701. The Morgan fingerprint density at radius 1 is 1.03 bits per heavy atom. The van der Waals surface area contributed by atoms with Crippen LogP contribution >= 0.6 is 0 Å². The van der Waals surface area contributed by atoms with E-state index < -0.39 is 11.4 Å². The molecule has 1 aliphatic heterocycles. The molecule has 1 saturated heterocycles. The normalized spacial score (nSPS) is 14.9. The summed E-state index contributed by atoms with van der Waals surface area (Å²) in [6.07, 6.45) is 1.64. The largest absolute Gasteiger partial charge is 0.593 e. The van der Waals surface area contributed by atoms with Crippen LogP contribution in [0, 0.1) is 19.7 Å². The molecule has 1 aromatic heterocycles. The molecule has 1 aliphatic rings. The summed E-state index contributed by atoms with van der Waals surface area (Å²) in [6, 6.07) is 19.1. The quantitative estimate of drug-likeness (QED) is 0.367. The Morgan fingerprint density at radius 3 is 2.43 bits per heavy atom. The summed E-state index contributed by atoms with van der Waals surface area (Å²) in [5.41, 5.74) is 4.80. The lowest BCUT2D eigenvalue weighted by atomic mass is 10.1. The first-order valence-corrected chi connectivity index (χ1v) is 13.1. The molecule has 1 N–H and O–H groups in total. The van der Waals surface area contributed by atoms with E-state index in [-0.39, 0.29) is 11.7 Å². The molecule has 1 fully saturated rings. The van der Waals surface area contributed by atoms with Crippen LogP contribution in [0.25, 0.3) is 16.9 Å². The van der Waals surface area contributed by atoms with Crippen LogP contribution in [-0.4, -0.2) is 50.8 Å². The third-order valence-electron chi connectivity index (χ3n) is 6.21. The number of carbonyl (C=O) groups is 1. The van der Waals surface area contributed by atoms with E-state index in [4.69, 9.17) is 4.74 Å². The van der Waals surface area contributed by atoms with Crippen molar-refractivity contribution in [3.63, 3.8) is 0 Å². The topological polar surface area (TPSA) is 82.5 Å². The smallest absolute Gasteiger partial charge is 0.259 e. The lowest BCUT2D eigenvalue weighted by molar-refractivity contribution is 0.0730. The van der Waals surface area contributed by atoms with Crippen molar-refractivity contribution in [2.75, 3.05) is 31.6 Å². The Kier molecular flexibility index (Phi) is 7.38. The first kappa shape index (κ1) is 25.2. The predicted octanol–water partition coefficient (Wildman–Crippen LogP) is 4.90. The number of hydrogen-bond acceptors (Lipinski definition) is 5. The van der Waals surface area contributed by atoms with E-state index in [0.717, 1.165) is 16.7 Å². The second kappa shape index (κ2) is 10.9. The molecule has 7 nitrogen and oxygen atoms in total. The zero-order chi connectivity index (χ0) is 25.9. The predicted molar refractivity (Wildman–Crippen MR) is 142 cm³/mol. The number of aromatic nitrogens is 2. The molecule has 1 unspecified atom stereocenters. The minimum Gasteiger partial charge on any atom is -0.593 e. The zero-order valence-corrected chi connectivity index (χ0v) is 21.4. The number of anilines is 1. The minimum absolute atomic E-state index is 0.350. The van der Waals surface area contributed by atoms with E-state index in [1.165, 1.54) is 12.1 Å². The van der Waals surface area contributed by atoms with E-state index >= 15 is 0 Å². The molecule has 0 saturated carbocycles. The van der Waals surface area contributed by atoms with Crippen LogP contribution in [0.15, 0.2) is 77.8 Å². The second-order valence-electron chi connectivity index (χ2n) is 8.90. The van der Waals surface area contributed by atoms with Gasteiger partial charge in [-0.1, -0.05) is 35.9 Å². The molecule has 1 atom stereocenters. The van der Waals surface area contributed by atoms with Gasteiger partial charge in [-0.05, 0) is 44.2 Å². The van der Waals surface area contributed by atoms with E-state index in [2.05, 4.69) is 10.4 Å². The number of rotatable bonds is 6. The van der Waals surface area contributed by atoms with E-state index in [1.54, 1.807) is 35.1 Å². The van der Waals surface area contributed by atoms with Crippen molar-refractivity contribution in [2.24, 2.45) is 0 Å². The summed E-state index contributed by atoms with van der Waals surface area (Å²) >= 11 is -1.36. The van der Waals surface area contributed by atoms with Crippen LogP contribution in [-0.2, 0) is 16.1 Å². The minimum atomic E-state index is -1.36. The summed E-state index contributed by atoms with van der Waals surface area (Å²) in [7, 11) is 0. The SMILES string of the molecule is Cc1ccc(-c2nn(-c3ccc(F)cc3)cc2C(=O)Nc2ccc(C)c([S+]([O-])N3CCOCC3)c2)cc1. The number of benzene rings is 3. The highest BCUT2D eigenvalue weighted by atomic mass is 32.2. The maximum Gasteiger partial charge on any atom is 0.259 e. The van der Waals surface area contributed by atoms with Crippen LogP contribution in [0.1, 0.15) is 21.5 Å². The molecule has 4 aromatic rings. The third kappa shape index (κ3) is 5.60. The van der Waals surface area contributed by atoms with Crippen LogP contribution in [0.3, 0.4) is 0 Å². The Balaban J connectivity index is 1.46. The van der Waals surface area contributed by atoms with Crippen molar-refractivity contribution >= 4 is 23.0 Å². The number of hydrogen-bond donors (Lipinski definition) is 1. The highest BCUT2D eigenvalue weighted by molar-refractivity contribution is 7.89. The molecule has 0 bridgehead atoms. The lowest BCUT2D eigenvalue weighted by Crippen LogP contribution is -2.40. The number of halogens is 1. The summed E-state index contributed by atoms with van der Waals surface area (Å²) < 4.78 is 35.5.